The van der Waals surface area contributed by atoms with Crippen LogP contribution in [0.3, 0.4) is 0 Å². The summed E-state index contributed by atoms with van der Waals surface area (Å²) >= 11 is 0. The zero-order chi connectivity index (χ0) is 28.4. The van der Waals surface area contributed by atoms with E-state index in [0.717, 1.165) is 34.2 Å². The van der Waals surface area contributed by atoms with Crippen molar-refractivity contribution in [1.29, 1.82) is 0 Å². The van der Waals surface area contributed by atoms with Crippen molar-refractivity contribution in [1.82, 2.24) is 10.2 Å². The van der Waals surface area contributed by atoms with E-state index in [1.807, 2.05) is 54.6 Å². The maximum Gasteiger partial charge on any atom is 0.410 e. The number of esters is 1. The first kappa shape index (κ1) is 26.9. The summed E-state index contributed by atoms with van der Waals surface area (Å²) < 4.78 is 16.6. The molecule has 6 rings (SSSR count). The van der Waals surface area contributed by atoms with Crippen LogP contribution in [0.15, 0.2) is 78.9 Å². The van der Waals surface area contributed by atoms with Gasteiger partial charge >= 0.3 is 18.2 Å². The number of fused-ring (bicyclic) bond motifs is 5. The second kappa shape index (κ2) is 11.3. The lowest BCUT2D eigenvalue weighted by molar-refractivity contribution is -0.153. The first-order valence-corrected chi connectivity index (χ1v) is 14.2. The Hall–Kier alpha value is -4.33. The van der Waals surface area contributed by atoms with E-state index in [4.69, 9.17) is 14.2 Å². The van der Waals surface area contributed by atoms with Crippen LogP contribution in [0, 0.1) is 0 Å². The molecule has 0 spiro atoms. The van der Waals surface area contributed by atoms with E-state index in [1.54, 1.807) is 4.90 Å². The van der Waals surface area contributed by atoms with Gasteiger partial charge in [-0.1, -0.05) is 78.9 Å². The first-order chi connectivity index (χ1) is 20.0. The normalized spacial score (nSPS) is 22.7. The lowest BCUT2D eigenvalue weighted by Gasteiger charge is -2.51. The molecular weight excluding hydrogens is 520 g/mol. The Morgan fingerprint density at radius 2 is 1.41 bits per heavy atom. The van der Waals surface area contributed by atoms with Crippen LogP contribution in [-0.4, -0.2) is 54.4 Å². The van der Waals surface area contributed by atoms with Crippen LogP contribution >= 0.6 is 0 Å². The van der Waals surface area contributed by atoms with Crippen LogP contribution in [0.2, 0.25) is 0 Å². The second-order valence-electron chi connectivity index (χ2n) is 11.1. The zero-order valence-corrected chi connectivity index (χ0v) is 23.1. The molecule has 2 saturated heterocycles. The summed E-state index contributed by atoms with van der Waals surface area (Å²) in [6.07, 6.45) is 1.75. The molecule has 8 heteroatoms. The summed E-state index contributed by atoms with van der Waals surface area (Å²) in [5, 5.41) is 2.89. The van der Waals surface area contributed by atoms with Gasteiger partial charge in [0.2, 0.25) is 0 Å². The minimum absolute atomic E-state index is 0.0946. The summed E-state index contributed by atoms with van der Waals surface area (Å²) in [6, 6.07) is 25.3. The first-order valence-electron chi connectivity index (χ1n) is 14.2. The number of piperidine rings is 2. The van der Waals surface area contributed by atoms with Crippen molar-refractivity contribution in [3.63, 3.8) is 0 Å². The molecule has 2 atom stereocenters. The Labute approximate surface area is 239 Å². The number of hydrogen-bond donors (Lipinski definition) is 1. The highest BCUT2D eigenvalue weighted by Crippen LogP contribution is 2.45. The largest absolute Gasteiger partial charge is 0.467 e. The maximum atomic E-state index is 13.3. The van der Waals surface area contributed by atoms with E-state index in [9.17, 15) is 14.4 Å². The molecular formula is C33H34N2O6. The summed E-state index contributed by atoms with van der Waals surface area (Å²) in [7, 11) is 1.32. The number of carbonyl (C=O) groups is 3. The Bertz CT molecular complexity index is 1380. The lowest BCUT2D eigenvalue weighted by atomic mass is 9.73. The van der Waals surface area contributed by atoms with Crippen LogP contribution in [0.4, 0.5) is 9.59 Å². The van der Waals surface area contributed by atoms with Gasteiger partial charge in [-0.3, -0.25) is 0 Å². The SMILES string of the molecule is COC(=O)C1(NC(=O)OCC2c3ccccc3-c3ccccc32)CC2CCCC(C1)N2C(=O)OCc1ccccc1. The smallest absolute Gasteiger partial charge is 0.410 e. The van der Waals surface area contributed by atoms with Gasteiger partial charge in [0, 0.05) is 30.8 Å². The van der Waals surface area contributed by atoms with Crippen molar-refractivity contribution < 1.29 is 28.6 Å². The number of methoxy groups -OCH3 is 1. The van der Waals surface area contributed by atoms with E-state index < -0.39 is 23.7 Å². The lowest BCUT2D eigenvalue weighted by Crippen LogP contribution is -2.67. The van der Waals surface area contributed by atoms with Gasteiger partial charge in [0.25, 0.3) is 0 Å². The van der Waals surface area contributed by atoms with E-state index in [-0.39, 0.29) is 44.1 Å². The fourth-order valence-corrected chi connectivity index (χ4v) is 6.89. The van der Waals surface area contributed by atoms with Crippen molar-refractivity contribution in [2.75, 3.05) is 13.7 Å². The zero-order valence-electron chi connectivity index (χ0n) is 23.1. The topological polar surface area (TPSA) is 94.2 Å². The number of benzene rings is 3. The number of nitrogens with one attached hydrogen (secondary N) is 1. The third-order valence-corrected chi connectivity index (χ3v) is 8.71. The standard InChI is InChI=1S/C33H34N2O6/c1-39-30(36)33(18-23-12-9-13-24(19-33)35(23)32(38)41-20-22-10-3-2-4-11-22)34-31(37)40-21-29-27-16-7-5-14-25(27)26-15-6-8-17-28(26)29/h2-8,10-11,14-17,23-24,29H,9,12-13,18-21H2,1H3,(H,34,37). The predicted octanol–water partition coefficient (Wildman–Crippen LogP) is 5.79. The van der Waals surface area contributed by atoms with Crippen LogP contribution in [0.25, 0.3) is 11.1 Å². The van der Waals surface area contributed by atoms with E-state index in [0.29, 0.717) is 12.8 Å². The van der Waals surface area contributed by atoms with E-state index >= 15 is 0 Å². The minimum Gasteiger partial charge on any atom is -0.467 e. The molecule has 2 amide bonds. The third kappa shape index (κ3) is 5.14. The molecule has 0 saturated carbocycles. The van der Waals surface area contributed by atoms with E-state index in [1.165, 1.54) is 7.11 Å². The number of ether oxygens (including phenoxy) is 3. The van der Waals surface area contributed by atoms with Gasteiger partial charge in [-0.15, -0.1) is 0 Å². The summed E-state index contributed by atoms with van der Waals surface area (Å²) in [6.45, 7) is 0.317. The molecule has 2 fully saturated rings. The van der Waals surface area contributed by atoms with Gasteiger partial charge in [0.05, 0.1) is 7.11 Å². The van der Waals surface area contributed by atoms with Crippen molar-refractivity contribution >= 4 is 18.2 Å². The molecule has 2 heterocycles. The number of amides is 2. The number of alkyl carbamates (subject to hydrolysis) is 1. The Morgan fingerprint density at radius 1 is 0.829 bits per heavy atom. The van der Waals surface area contributed by atoms with Crippen LogP contribution in [-0.2, 0) is 25.6 Å². The Kier molecular flexibility index (Phi) is 7.39. The molecule has 0 aromatic heterocycles. The van der Waals surface area contributed by atoms with Gasteiger partial charge in [-0.2, -0.15) is 0 Å². The number of nitrogens with zero attached hydrogens (tertiary/aromatic N) is 1. The predicted molar refractivity (Wildman–Crippen MR) is 152 cm³/mol. The molecule has 2 unspecified atom stereocenters. The van der Waals surface area contributed by atoms with Gasteiger partial charge < -0.3 is 24.4 Å². The van der Waals surface area contributed by atoms with Gasteiger partial charge in [-0.05, 0) is 47.1 Å². The van der Waals surface area contributed by atoms with Crippen molar-refractivity contribution in [3.8, 4) is 11.1 Å². The van der Waals surface area contributed by atoms with Crippen molar-refractivity contribution in [3.05, 3.63) is 95.6 Å². The Morgan fingerprint density at radius 3 is 2.02 bits per heavy atom. The van der Waals surface area contributed by atoms with Gasteiger partial charge in [0.1, 0.15) is 18.8 Å². The average molecular weight is 555 g/mol. The molecule has 3 aromatic carbocycles. The van der Waals surface area contributed by atoms with Crippen LogP contribution in [0.1, 0.15) is 54.7 Å². The monoisotopic (exact) mass is 554 g/mol. The fraction of sp³-hybridized carbons (Fsp3) is 0.364. The Balaban J connectivity index is 1.15. The molecule has 212 valence electrons. The quantitative estimate of drug-likeness (QED) is 0.306. The highest BCUT2D eigenvalue weighted by molar-refractivity contribution is 5.87. The summed E-state index contributed by atoms with van der Waals surface area (Å²) in [4.78, 5) is 41.4. The molecule has 1 aliphatic carbocycles. The maximum absolute atomic E-state index is 13.3. The van der Waals surface area contributed by atoms with Crippen molar-refractivity contribution in [2.24, 2.45) is 0 Å². The molecule has 8 nitrogen and oxygen atoms in total. The number of rotatable bonds is 6. The highest BCUT2D eigenvalue weighted by atomic mass is 16.6. The van der Waals surface area contributed by atoms with Gasteiger partial charge in [0.15, 0.2) is 0 Å². The highest BCUT2D eigenvalue weighted by Gasteiger charge is 2.54. The molecule has 2 aliphatic heterocycles. The molecule has 0 radical (unpaired) electrons. The van der Waals surface area contributed by atoms with E-state index in [2.05, 4.69) is 29.6 Å². The number of carbonyl (C=O) groups excluding carboxylic acids is 3. The molecule has 3 aliphatic rings. The molecule has 3 aromatic rings. The minimum atomic E-state index is -1.29. The summed E-state index contributed by atoms with van der Waals surface area (Å²) in [5.41, 5.74) is 4.12. The average Bonchev–Trinajstić information content (AvgIpc) is 3.32. The molecule has 41 heavy (non-hydrogen) atoms. The molecule has 1 N–H and O–H groups in total. The fourth-order valence-electron chi connectivity index (χ4n) is 6.89. The van der Waals surface area contributed by atoms with Crippen molar-refractivity contribution in [2.45, 2.75) is 62.3 Å². The summed E-state index contributed by atoms with van der Waals surface area (Å²) in [5.74, 6) is -0.622. The molecule has 2 bridgehead atoms. The second-order valence-corrected chi connectivity index (χ2v) is 11.1. The van der Waals surface area contributed by atoms with Crippen LogP contribution in [0.5, 0.6) is 0 Å². The third-order valence-electron chi connectivity index (χ3n) is 8.71. The van der Waals surface area contributed by atoms with Crippen LogP contribution < -0.4 is 5.32 Å². The van der Waals surface area contributed by atoms with Gasteiger partial charge in [-0.25, -0.2) is 14.4 Å². The number of hydrogen-bond acceptors (Lipinski definition) is 6.